The van der Waals surface area contributed by atoms with E-state index in [1.807, 2.05) is 25.1 Å². The van der Waals surface area contributed by atoms with E-state index in [9.17, 15) is 5.11 Å². The van der Waals surface area contributed by atoms with Crippen LogP contribution in [0.3, 0.4) is 0 Å². The lowest BCUT2D eigenvalue weighted by atomic mass is 9.92. The van der Waals surface area contributed by atoms with Crippen LogP contribution in [0.1, 0.15) is 18.1 Å². The van der Waals surface area contributed by atoms with E-state index < -0.39 is 5.60 Å². The highest BCUT2D eigenvalue weighted by Crippen LogP contribution is 2.48. The normalized spacial score (nSPS) is 18.2. The Hall–Kier alpha value is -2.20. The molecule has 1 unspecified atom stereocenters. The quantitative estimate of drug-likeness (QED) is 0.440. The van der Waals surface area contributed by atoms with Gasteiger partial charge >= 0.3 is 0 Å². The van der Waals surface area contributed by atoms with Gasteiger partial charge in [-0.1, -0.05) is 42.5 Å². The van der Waals surface area contributed by atoms with Crippen molar-refractivity contribution in [1.29, 1.82) is 0 Å². The number of hydrogen-bond acceptors (Lipinski definition) is 3. The van der Waals surface area contributed by atoms with E-state index in [1.165, 1.54) is 20.2 Å². The Balaban J connectivity index is 1.62. The van der Waals surface area contributed by atoms with Gasteiger partial charge in [0.1, 0.15) is 5.60 Å². The lowest BCUT2D eigenvalue weighted by Crippen LogP contribution is -2.19. The smallest absolute Gasteiger partial charge is 0.113 e. The molecule has 0 spiro atoms. The molecule has 0 saturated carbocycles. The number of fused-ring (bicyclic) bond motifs is 3. The summed E-state index contributed by atoms with van der Waals surface area (Å²) in [5.41, 5.74) is 4.50. The van der Waals surface area contributed by atoms with Gasteiger partial charge in [-0.15, -0.1) is 22.7 Å². The highest BCUT2D eigenvalue weighted by molar-refractivity contribution is 7.23. The van der Waals surface area contributed by atoms with Gasteiger partial charge in [-0.05, 0) is 64.4 Å². The van der Waals surface area contributed by atoms with Crippen molar-refractivity contribution in [3.8, 4) is 31.3 Å². The second kappa shape index (κ2) is 5.40. The van der Waals surface area contributed by atoms with E-state index in [4.69, 9.17) is 0 Å². The summed E-state index contributed by atoms with van der Waals surface area (Å²) >= 11 is 3.57. The van der Waals surface area contributed by atoms with Gasteiger partial charge in [0.05, 0.1) is 0 Å². The predicted octanol–water partition coefficient (Wildman–Crippen LogP) is 6.38. The van der Waals surface area contributed by atoms with Crippen LogP contribution in [0.4, 0.5) is 0 Å². The average molecular weight is 361 g/mol. The SMILES string of the molecule is CC1(O)c2ccccc2-c2ccc(-c3ccc(-c4cccs4)s3)cc21. The third-order valence-corrected chi connectivity index (χ3v) is 7.14. The van der Waals surface area contributed by atoms with E-state index in [0.717, 1.165) is 22.3 Å². The summed E-state index contributed by atoms with van der Waals surface area (Å²) in [4.78, 5) is 3.83. The summed E-state index contributed by atoms with van der Waals surface area (Å²) in [5, 5.41) is 13.2. The molecule has 0 fully saturated rings. The van der Waals surface area contributed by atoms with Crippen LogP contribution in [-0.4, -0.2) is 5.11 Å². The summed E-state index contributed by atoms with van der Waals surface area (Å²) in [6, 6.07) is 23.2. The Labute approximate surface area is 154 Å². The van der Waals surface area contributed by atoms with Gasteiger partial charge in [-0.3, -0.25) is 0 Å². The summed E-state index contributed by atoms with van der Waals surface area (Å²) in [5.74, 6) is 0. The highest BCUT2D eigenvalue weighted by Gasteiger charge is 2.37. The Bertz CT molecular complexity index is 1070. The molecule has 1 aliphatic rings. The Morgan fingerprint density at radius 1 is 0.760 bits per heavy atom. The lowest BCUT2D eigenvalue weighted by Gasteiger charge is -2.20. The molecule has 0 bridgehead atoms. The molecule has 3 heteroatoms. The third-order valence-electron chi connectivity index (χ3n) is 4.94. The molecular weight excluding hydrogens is 344 g/mol. The van der Waals surface area contributed by atoms with E-state index >= 15 is 0 Å². The molecule has 0 aliphatic heterocycles. The van der Waals surface area contributed by atoms with E-state index in [1.54, 1.807) is 22.7 Å². The van der Waals surface area contributed by atoms with Gasteiger partial charge in [0.2, 0.25) is 0 Å². The van der Waals surface area contributed by atoms with Crippen molar-refractivity contribution in [3.05, 3.63) is 83.2 Å². The van der Waals surface area contributed by atoms with Crippen molar-refractivity contribution < 1.29 is 5.11 Å². The van der Waals surface area contributed by atoms with Gasteiger partial charge in [0.25, 0.3) is 0 Å². The van der Waals surface area contributed by atoms with Gasteiger partial charge in [0, 0.05) is 14.6 Å². The molecule has 2 aromatic carbocycles. The fraction of sp³-hybridized carbons (Fsp3) is 0.0909. The van der Waals surface area contributed by atoms with Gasteiger partial charge in [0.15, 0.2) is 0 Å². The van der Waals surface area contributed by atoms with E-state index in [0.29, 0.717) is 0 Å². The third kappa shape index (κ3) is 2.24. The van der Waals surface area contributed by atoms with Crippen molar-refractivity contribution in [2.24, 2.45) is 0 Å². The maximum atomic E-state index is 11.1. The van der Waals surface area contributed by atoms with Crippen LogP contribution in [-0.2, 0) is 5.60 Å². The molecule has 0 saturated heterocycles. The zero-order valence-corrected chi connectivity index (χ0v) is 15.3. The van der Waals surface area contributed by atoms with Crippen molar-refractivity contribution in [1.82, 2.24) is 0 Å². The molecule has 0 radical (unpaired) electrons. The largest absolute Gasteiger partial charge is 0.381 e. The van der Waals surface area contributed by atoms with Crippen molar-refractivity contribution in [3.63, 3.8) is 0 Å². The molecule has 0 amide bonds. The molecule has 1 nitrogen and oxygen atoms in total. The molecule has 25 heavy (non-hydrogen) atoms. The fourth-order valence-corrected chi connectivity index (χ4v) is 5.50. The summed E-state index contributed by atoms with van der Waals surface area (Å²) in [6.45, 7) is 1.90. The van der Waals surface area contributed by atoms with Crippen molar-refractivity contribution >= 4 is 22.7 Å². The molecular formula is C22H16OS2. The maximum absolute atomic E-state index is 11.1. The first-order chi connectivity index (χ1) is 12.1. The molecule has 5 rings (SSSR count). The molecule has 1 N–H and O–H groups in total. The van der Waals surface area contributed by atoms with Crippen molar-refractivity contribution in [2.45, 2.75) is 12.5 Å². The van der Waals surface area contributed by atoms with Crippen LogP contribution in [0, 0.1) is 0 Å². The Morgan fingerprint density at radius 3 is 2.40 bits per heavy atom. The van der Waals surface area contributed by atoms with Gasteiger partial charge < -0.3 is 5.11 Å². The lowest BCUT2D eigenvalue weighted by molar-refractivity contribution is 0.107. The van der Waals surface area contributed by atoms with Crippen LogP contribution in [0.2, 0.25) is 0 Å². The summed E-state index contributed by atoms with van der Waals surface area (Å²) in [6.07, 6.45) is 0. The first kappa shape index (κ1) is 15.1. The average Bonchev–Trinajstić information content (AvgIpc) is 3.35. The molecule has 2 heterocycles. The zero-order valence-electron chi connectivity index (χ0n) is 13.7. The minimum absolute atomic E-state index is 0.935. The second-order valence-electron chi connectivity index (χ2n) is 6.52. The van der Waals surface area contributed by atoms with Crippen molar-refractivity contribution in [2.75, 3.05) is 0 Å². The monoisotopic (exact) mass is 360 g/mol. The molecule has 1 atom stereocenters. The first-order valence-corrected chi connectivity index (χ1v) is 9.95. The standard InChI is InChI=1S/C22H16OS2/c1-22(23)17-6-3-2-5-15(17)16-9-8-14(13-18(16)22)19-10-11-21(25-19)20-7-4-12-24-20/h2-13,23H,1H3. The zero-order chi connectivity index (χ0) is 17.0. The fourth-order valence-electron chi connectivity index (χ4n) is 3.67. The van der Waals surface area contributed by atoms with Gasteiger partial charge in [-0.25, -0.2) is 0 Å². The molecule has 2 aromatic heterocycles. The van der Waals surface area contributed by atoms with Crippen LogP contribution in [0.5, 0.6) is 0 Å². The van der Waals surface area contributed by atoms with E-state index in [2.05, 4.69) is 53.9 Å². The maximum Gasteiger partial charge on any atom is 0.113 e. The summed E-state index contributed by atoms with van der Waals surface area (Å²) < 4.78 is 0. The predicted molar refractivity (Wildman–Crippen MR) is 107 cm³/mol. The van der Waals surface area contributed by atoms with Crippen LogP contribution in [0.15, 0.2) is 72.1 Å². The molecule has 1 aliphatic carbocycles. The number of benzene rings is 2. The highest BCUT2D eigenvalue weighted by atomic mass is 32.1. The minimum Gasteiger partial charge on any atom is -0.381 e. The summed E-state index contributed by atoms with van der Waals surface area (Å²) in [7, 11) is 0. The Kier molecular flexibility index (Phi) is 3.26. The van der Waals surface area contributed by atoms with Gasteiger partial charge in [-0.2, -0.15) is 0 Å². The van der Waals surface area contributed by atoms with Crippen LogP contribution < -0.4 is 0 Å². The Morgan fingerprint density at radius 2 is 1.56 bits per heavy atom. The number of rotatable bonds is 2. The van der Waals surface area contributed by atoms with Crippen LogP contribution >= 0.6 is 22.7 Å². The number of aliphatic hydroxyl groups is 1. The molecule has 122 valence electrons. The second-order valence-corrected chi connectivity index (χ2v) is 8.55. The minimum atomic E-state index is -0.935. The topological polar surface area (TPSA) is 20.2 Å². The molecule has 4 aromatic rings. The number of thiophene rings is 2. The number of hydrogen-bond donors (Lipinski definition) is 1. The van der Waals surface area contributed by atoms with Crippen LogP contribution in [0.25, 0.3) is 31.3 Å². The van der Waals surface area contributed by atoms with E-state index in [-0.39, 0.29) is 0 Å². The first-order valence-electron chi connectivity index (χ1n) is 8.25.